The highest BCUT2D eigenvalue weighted by atomic mass is 16.5. The van der Waals surface area contributed by atoms with Gasteiger partial charge in [0.2, 0.25) is 0 Å². The van der Waals surface area contributed by atoms with Gasteiger partial charge in [-0.25, -0.2) is 0 Å². The topological polar surface area (TPSA) is 55.6 Å². The Hall–Kier alpha value is -2.30. The minimum absolute atomic E-state index is 0.0211. The van der Waals surface area contributed by atoms with Gasteiger partial charge in [0.25, 0.3) is 5.91 Å². The standard InChI is InChI=1S/C17H22N2O3/c1-5-19(6-2)17(20)14-8-7-9-15(10-14)21-11-16-12(3)18-22-13(16)4/h7-10H,5-6,11H2,1-4H3. The molecule has 1 aromatic heterocycles. The van der Waals surface area contributed by atoms with E-state index in [1.54, 1.807) is 11.0 Å². The molecule has 0 N–H and O–H groups in total. The normalized spacial score (nSPS) is 10.5. The zero-order chi connectivity index (χ0) is 16.1. The number of hydrogen-bond acceptors (Lipinski definition) is 4. The molecule has 118 valence electrons. The fraction of sp³-hybridized carbons (Fsp3) is 0.412. The summed E-state index contributed by atoms with van der Waals surface area (Å²) in [6.07, 6.45) is 0. The highest BCUT2D eigenvalue weighted by Crippen LogP contribution is 2.19. The van der Waals surface area contributed by atoms with Crippen molar-refractivity contribution in [2.45, 2.75) is 34.3 Å². The van der Waals surface area contributed by atoms with Gasteiger partial charge in [0, 0.05) is 18.7 Å². The summed E-state index contributed by atoms with van der Waals surface area (Å²) < 4.78 is 10.9. The van der Waals surface area contributed by atoms with Gasteiger partial charge < -0.3 is 14.2 Å². The van der Waals surface area contributed by atoms with Crippen LogP contribution < -0.4 is 4.74 Å². The van der Waals surface area contributed by atoms with Crippen molar-refractivity contribution in [1.29, 1.82) is 0 Å². The second-order valence-corrected chi connectivity index (χ2v) is 5.10. The van der Waals surface area contributed by atoms with Crippen molar-refractivity contribution >= 4 is 5.91 Å². The number of aromatic nitrogens is 1. The molecule has 2 rings (SSSR count). The molecule has 1 aromatic carbocycles. The fourth-order valence-corrected chi connectivity index (χ4v) is 2.28. The minimum atomic E-state index is 0.0211. The Morgan fingerprint density at radius 1 is 1.27 bits per heavy atom. The predicted molar refractivity (Wildman–Crippen MR) is 84.0 cm³/mol. The molecule has 0 aliphatic heterocycles. The van der Waals surface area contributed by atoms with Crippen LogP contribution in [-0.4, -0.2) is 29.1 Å². The summed E-state index contributed by atoms with van der Waals surface area (Å²) in [4.78, 5) is 14.1. The summed E-state index contributed by atoms with van der Waals surface area (Å²) in [5.74, 6) is 1.44. The van der Waals surface area contributed by atoms with Crippen molar-refractivity contribution in [3.05, 3.63) is 46.8 Å². The summed E-state index contributed by atoms with van der Waals surface area (Å²) in [5, 5.41) is 3.90. The first-order chi connectivity index (χ1) is 10.6. The van der Waals surface area contributed by atoms with Gasteiger partial charge in [0.05, 0.1) is 11.3 Å². The third-order valence-corrected chi connectivity index (χ3v) is 3.70. The van der Waals surface area contributed by atoms with E-state index in [9.17, 15) is 4.79 Å². The summed E-state index contributed by atoms with van der Waals surface area (Å²) in [6.45, 7) is 9.45. The maximum absolute atomic E-state index is 12.3. The molecule has 5 heteroatoms. The number of benzene rings is 1. The van der Waals surface area contributed by atoms with Gasteiger partial charge in [-0.05, 0) is 45.9 Å². The SMILES string of the molecule is CCN(CC)C(=O)c1cccc(OCc2c(C)noc2C)c1. The molecule has 5 nitrogen and oxygen atoms in total. The number of hydrogen-bond donors (Lipinski definition) is 0. The quantitative estimate of drug-likeness (QED) is 0.821. The van der Waals surface area contributed by atoms with Crippen LogP contribution in [-0.2, 0) is 6.61 Å². The number of ether oxygens (including phenoxy) is 1. The zero-order valence-corrected chi connectivity index (χ0v) is 13.5. The molecule has 1 heterocycles. The Bertz CT molecular complexity index is 626. The van der Waals surface area contributed by atoms with Crippen molar-refractivity contribution < 1.29 is 14.1 Å². The van der Waals surface area contributed by atoms with Crippen LogP contribution in [0.15, 0.2) is 28.8 Å². The average Bonchev–Trinajstić information content (AvgIpc) is 2.85. The van der Waals surface area contributed by atoms with Crippen LogP contribution in [0.25, 0.3) is 0 Å². The molecule has 0 aliphatic rings. The second kappa shape index (κ2) is 7.11. The van der Waals surface area contributed by atoms with Crippen molar-refractivity contribution in [3.8, 4) is 5.75 Å². The van der Waals surface area contributed by atoms with Gasteiger partial charge >= 0.3 is 0 Å². The van der Waals surface area contributed by atoms with E-state index >= 15 is 0 Å². The van der Waals surface area contributed by atoms with Crippen LogP contribution in [0.1, 0.15) is 41.2 Å². The van der Waals surface area contributed by atoms with E-state index in [0.717, 1.165) is 17.0 Å². The van der Waals surface area contributed by atoms with Gasteiger partial charge in [-0.2, -0.15) is 0 Å². The lowest BCUT2D eigenvalue weighted by atomic mass is 10.2. The number of amides is 1. The van der Waals surface area contributed by atoms with Gasteiger partial charge in [0.1, 0.15) is 18.1 Å². The van der Waals surface area contributed by atoms with E-state index in [0.29, 0.717) is 31.0 Å². The first-order valence-electron chi connectivity index (χ1n) is 7.50. The van der Waals surface area contributed by atoms with Crippen LogP contribution in [0.2, 0.25) is 0 Å². The Labute approximate surface area is 130 Å². The maximum atomic E-state index is 12.3. The number of rotatable bonds is 6. The smallest absolute Gasteiger partial charge is 0.253 e. The van der Waals surface area contributed by atoms with E-state index in [4.69, 9.17) is 9.26 Å². The molecule has 22 heavy (non-hydrogen) atoms. The highest BCUT2D eigenvalue weighted by Gasteiger charge is 2.14. The second-order valence-electron chi connectivity index (χ2n) is 5.10. The number of carbonyl (C=O) groups excluding carboxylic acids is 1. The lowest BCUT2D eigenvalue weighted by Gasteiger charge is -2.18. The molecule has 0 fully saturated rings. The fourth-order valence-electron chi connectivity index (χ4n) is 2.28. The molecule has 0 spiro atoms. The molecule has 0 aliphatic carbocycles. The van der Waals surface area contributed by atoms with Crippen LogP contribution in [0.5, 0.6) is 5.75 Å². The molecule has 0 saturated carbocycles. The Balaban J connectivity index is 2.10. The summed E-state index contributed by atoms with van der Waals surface area (Å²) in [7, 11) is 0. The molecule has 0 unspecified atom stereocenters. The molecular weight excluding hydrogens is 280 g/mol. The van der Waals surface area contributed by atoms with Crippen molar-refractivity contribution in [3.63, 3.8) is 0 Å². The van der Waals surface area contributed by atoms with Gasteiger partial charge in [-0.15, -0.1) is 0 Å². The molecule has 0 bridgehead atoms. The highest BCUT2D eigenvalue weighted by molar-refractivity contribution is 5.94. The van der Waals surface area contributed by atoms with Gasteiger partial charge in [-0.3, -0.25) is 4.79 Å². The van der Waals surface area contributed by atoms with Crippen molar-refractivity contribution in [1.82, 2.24) is 10.1 Å². The Kier molecular flexibility index (Phi) is 5.20. The molecule has 0 atom stereocenters. The van der Waals surface area contributed by atoms with E-state index in [2.05, 4.69) is 5.16 Å². The largest absolute Gasteiger partial charge is 0.489 e. The van der Waals surface area contributed by atoms with E-state index in [1.807, 2.05) is 45.9 Å². The molecule has 1 amide bonds. The third kappa shape index (κ3) is 3.47. The van der Waals surface area contributed by atoms with Crippen molar-refractivity contribution in [2.24, 2.45) is 0 Å². The average molecular weight is 302 g/mol. The van der Waals surface area contributed by atoms with E-state index in [-0.39, 0.29) is 5.91 Å². The van der Waals surface area contributed by atoms with E-state index < -0.39 is 0 Å². The maximum Gasteiger partial charge on any atom is 0.253 e. The molecule has 0 saturated heterocycles. The first-order valence-corrected chi connectivity index (χ1v) is 7.50. The van der Waals surface area contributed by atoms with Gasteiger partial charge in [-0.1, -0.05) is 11.2 Å². The molecular formula is C17H22N2O3. The van der Waals surface area contributed by atoms with Crippen LogP contribution in [0, 0.1) is 13.8 Å². The number of nitrogens with zero attached hydrogens (tertiary/aromatic N) is 2. The summed E-state index contributed by atoms with van der Waals surface area (Å²) in [5.41, 5.74) is 2.41. The third-order valence-electron chi connectivity index (χ3n) is 3.70. The zero-order valence-electron chi connectivity index (χ0n) is 13.5. The molecule has 2 aromatic rings. The van der Waals surface area contributed by atoms with Crippen LogP contribution in [0.3, 0.4) is 0 Å². The lowest BCUT2D eigenvalue weighted by Crippen LogP contribution is -2.30. The Morgan fingerprint density at radius 3 is 2.59 bits per heavy atom. The molecule has 0 radical (unpaired) electrons. The Morgan fingerprint density at radius 2 is 2.00 bits per heavy atom. The van der Waals surface area contributed by atoms with Crippen molar-refractivity contribution in [2.75, 3.05) is 13.1 Å². The van der Waals surface area contributed by atoms with Crippen LogP contribution >= 0.6 is 0 Å². The summed E-state index contributed by atoms with van der Waals surface area (Å²) >= 11 is 0. The van der Waals surface area contributed by atoms with E-state index in [1.165, 1.54) is 0 Å². The first kappa shape index (κ1) is 16.1. The minimum Gasteiger partial charge on any atom is -0.489 e. The lowest BCUT2D eigenvalue weighted by molar-refractivity contribution is 0.0772. The van der Waals surface area contributed by atoms with Crippen LogP contribution in [0.4, 0.5) is 0 Å². The number of carbonyl (C=O) groups is 1. The van der Waals surface area contributed by atoms with Gasteiger partial charge in [0.15, 0.2) is 0 Å². The monoisotopic (exact) mass is 302 g/mol. The number of aryl methyl sites for hydroxylation is 2. The summed E-state index contributed by atoms with van der Waals surface area (Å²) in [6, 6.07) is 7.26. The predicted octanol–water partition coefficient (Wildman–Crippen LogP) is 3.35.